The van der Waals surface area contributed by atoms with Gasteiger partial charge in [0, 0.05) is 19.0 Å². The van der Waals surface area contributed by atoms with E-state index in [-0.39, 0.29) is 17.7 Å². The van der Waals surface area contributed by atoms with Gasteiger partial charge in [-0.2, -0.15) is 0 Å². The first-order valence-electron chi connectivity index (χ1n) is 7.95. The van der Waals surface area contributed by atoms with Crippen LogP contribution in [0.5, 0.6) is 5.75 Å². The molecule has 1 aromatic carbocycles. The van der Waals surface area contributed by atoms with E-state index in [9.17, 15) is 9.59 Å². The molecule has 3 rings (SSSR count). The number of hydrogen-bond acceptors (Lipinski definition) is 3. The Bertz CT molecular complexity index is 561. The number of nitrogens with zero attached hydrogens (tertiary/aromatic N) is 1. The number of ether oxygens (including phenoxy) is 1. The number of primary amides is 1. The normalized spacial score (nSPS) is 19.0. The van der Waals surface area contributed by atoms with E-state index in [2.05, 4.69) is 0 Å². The van der Waals surface area contributed by atoms with Crippen molar-refractivity contribution in [2.24, 2.45) is 17.6 Å². The Morgan fingerprint density at radius 3 is 2.45 bits per heavy atom. The van der Waals surface area contributed by atoms with Crippen molar-refractivity contribution in [1.29, 1.82) is 0 Å². The molecular weight excluding hydrogens is 280 g/mol. The Kier molecular flexibility index (Phi) is 4.32. The predicted molar refractivity (Wildman–Crippen MR) is 82.5 cm³/mol. The van der Waals surface area contributed by atoms with Crippen LogP contribution in [0.3, 0.4) is 0 Å². The summed E-state index contributed by atoms with van der Waals surface area (Å²) >= 11 is 0. The molecule has 2 amide bonds. The molecule has 118 valence electrons. The quantitative estimate of drug-likeness (QED) is 0.901. The molecule has 0 radical (unpaired) electrons. The fourth-order valence-electron chi connectivity index (χ4n) is 2.80. The van der Waals surface area contributed by atoms with E-state index in [0.717, 1.165) is 0 Å². The Labute approximate surface area is 130 Å². The summed E-state index contributed by atoms with van der Waals surface area (Å²) in [5, 5.41) is 0. The molecule has 22 heavy (non-hydrogen) atoms. The van der Waals surface area contributed by atoms with Crippen LogP contribution >= 0.6 is 0 Å². The molecule has 1 aliphatic heterocycles. The van der Waals surface area contributed by atoms with Crippen molar-refractivity contribution in [1.82, 2.24) is 4.90 Å². The lowest BCUT2D eigenvalue weighted by Gasteiger charge is -2.31. The molecule has 1 aliphatic carbocycles. The molecule has 1 saturated carbocycles. The van der Waals surface area contributed by atoms with E-state index < -0.39 is 0 Å². The fraction of sp³-hybridized carbons (Fsp3) is 0.529. The lowest BCUT2D eigenvalue weighted by Crippen LogP contribution is -2.41. The number of carbonyl (C=O) groups excluding carboxylic acids is 2. The summed E-state index contributed by atoms with van der Waals surface area (Å²) in [5.74, 6) is 0.922. The van der Waals surface area contributed by atoms with Crippen LogP contribution in [-0.2, 0) is 4.79 Å². The highest BCUT2D eigenvalue weighted by atomic mass is 16.5. The van der Waals surface area contributed by atoms with Gasteiger partial charge in [0.1, 0.15) is 5.75 Å². The Balaban J connectivity index is 1.65. The van der Waals surface area contributed by atoms with Gasteiger partial charge in [0.05, 0.1) is 12.2 Å². The number of amides is 2. The first-order valence-corrected chi connectivity index (χ1v) is 7.95. The monoisotopic (exact) mass is 302 g/mol. The van der Waals surface area contributed by atoms with Crippen molar-refractivity contribution < 1.29 is 14.3 Å². The predicted octanol–water partition coefficient (Wildman–Crippen LogP) is 1.81. The average Bonchev–Trinajstić information content (AvgIpc) is 3.37. The van der Waals surface area contributed by atoms with Crippen LogP contribution in [0.15, 0.2) is 24.3 Å². The lowest BCUT2D eigenvalue weighted by molar-refractivity contribution is -0.123. The molecule has 0 bridgehead atoms. The number of nitrogens with two attached hydrogens (primary N) is 1. The Morgan fingerprint density at radius 1 is 1.14 bits per heavy atom. The second kappa shape index (κ2) is 6.38. The van der Waals surface area contributed by atoms with Gasteiger partial charge in [-0.25, -0.2) is 0 Å². The molecular formula is C17H22N2O3. The van der Waals surface area contributed by atoms with Gasteiger partial charge in [-0.1, -0.05) is 12.1 Å². The molecule has 0 atom stereocenters. The third kappa shape index (κ3) is 3.40. The maximum Gasteiger partial charge on any atom is 0.257 e. The number of piperidine rings is 1. The highest BCUT2D eigenvalue weighted by molar-refractivity contribution is 5.97. The van der Waals surface area contributed by atoms with Crippen LogP contribution in [0.1, 0.15) is 36.0 Å². The molecule has 2 aliphatic rings. The maximum absolute atomic E-state index is 12.7. The smallest absolute Gasteiger partial charge is 0.257 e. The summed E-state index contributed by atoms with van der Waals surface area (Å²) in [4.78, 5) is 25.7. The molecule has 1 heterocycles. The summed E-state index contributed by atoms with van der Waals surface area (Å²) < 4.78 is 5.81. The van der Waals surface area contributed by atoms with Crippen LogP contribution in [-0.4, -0.2) is 36.4 Å². The molecule has 0 spiro atoms. The number of carbonyl (C=O) groups is 2. The second-order valence-corrected chi connectivity index (χ2v) is 6.22. The van der Waals surface area contributed by atoms with Gasteiger partial charge in [0.2, 0.25) is 5.91 Å². The highest BCUT2D eigenvalue weighted by Crippen LogP contribution is 2.31. The first-order chi connectivity index (χ1) is 10.6. The van der Waals surface area contributed by atoms with Gasteiger partial charge in [-0.3, -0.25) is 9.59 Å². The summed E-state index contributed by atoms with van der Waals surface area (Å²) in [6.07, 6.45) is 3.73. The van der Waals surface area contributed by atoms with E-state index >= 15 is 0 Å². The zero-order valence-corrected chi connectivity index (χ0v) is 12.7. The number of hydrogen-bond donors (Lipinski definition) is 1. The molecule has 5 heteroatoms. The van der Waals surface area contributed by atoms with Gasteiger partial charge >= 0.3 is 0 Å². The molecule has 2 N–H and O–H groups in total. The van der Waals surface area contributed by atoms with Crippen LogP contribution in [0, 0.1) is 11.8 Å². The van der Waals surface area contributed by atoms with Crippen molar-refractivity contribution in [3.8, 4) is 5.75 Å². The molecule has 1 aromatic rings. The SMILES string of the molecule is NC(=O)C1CCN(C(=O)c2ccccc2OCC2CC2)CC1. The van der Waals surface area contributed by atoms with Gasteiger partial charge in [-0.05, 0) is 43.7 Å². The van der Waals surface area contributed by atoms with Gasteiger partial charge < -0.3 is 15.4 Å². The first kappa shape index (κ1) is 14.9. The topological polar surface area (TPSA) is 72.6 Å². The Morgan fingerprint density at radius 2 is 1.82 bits per heavy atom. The van der Waals surface area contributed by atoms with Crippen molar-refractivity contribution in [3.05, 3.63) is 29.8 Å². The minimum atomic E-state index is -0.264. The van der Waals surface area contributed by atoms with Gasteiger partial charge in [0.15, 0.2) is 0 Å². The second-order valence-electron chi connectivity index (χ2n) is 6.22. The van der Waals surface area contributed by atoms with Gasteiger partial charge in [-0.15, -0.1) is 0 Å². The highest BCUT2D eigenvalue weighted by Gasteiger charge is 2.28. The van der Waals surface area contributed by atoms with Crippen LogP contribution < -0.4 is 10.5 Å². The van der Waals surface area contributed by atoms with Crippen LogP contribution in [0.2, 0.25) is 0 Å². The lowest BCUT2D eigenvalue weighted by atomic mass is 9.96. The van der Waals surface area contributed by atoms with E-state index in [0.29, 0.717) is 49.8 Å². The van der Waals surface area contributed by atoms with E-state index in [4.69, 9.17) is 10.5 Å². The third-order valence-corrected chi connectivity index (χ3v) is 4.47. The third-order valence-electron chi connectivity index (χ3n) is 4.47. The van der Waals surface area contributed by atoms with E-state index in [1.807, 2.05) is 24.3 Å². The number of para-hydroxylation sites is 1. The maximum atomic E-state index is 12.7. The minimum Gasteiger partial charge on any atom is -0.492 e. The number of rotatable bonds is 5. The van der Waals surface area contributed by atoms with Crippen molar-refractivity contribution in [3.63, 3.8) is 0 Å². The molecule has 1 saturated heterocycles. The fourth-order valence-corrected chi connectivity index (χ4v) is 2.80. The largest absolute Gasteiger partial charge is 0.492 e. The zero-order chi connectivity index (χ0) is 15.5. The van der Waals surface area contributed by atoms with Gasteiger partial charge in [0.25, 0.3) is 5.91 Å². The van der Waals surface area contributed by atoms with E-state index in [1.54, 1.807) is 4.90 Å². The summed E-state index contributed by atoms with van der Waals surface area (Å²) in [7, 11) is 0. The van der Waals surface area contributed by atoms with Crippen LogP contribution in [0.4, 0.5) is 0 Å². The Hall–Kier alpha value is -2.04. The zero-order valence-electron chi connectivity index (χ0n) is 12.7. The van der Waals surface area contributed by atoms with E-state index in [1.165, 1.54) is 12.8 Å². The molecule has 0 aromatic heterocycles. The van der Waals surface area contributed by atoms with Crippen molar-refractivity contribution >= 4 is 11.8 Å². The molecule has 0 unspecified atom stereocenters. The number of likely N-dealkylation sites (tertiary alicyclic amines) is 1. The molecule has 2 fully saturated rings. The van der Waals surface area contributed by atoms with Crippen LogP contribution in [0.25, 0.3) is 0 Å². The van der Waals surface area contributed by atoms with Crippen molar-refractivity contribution in [2.45, 2.75) is 25.7 Å². The summed E-state index contributed by atoms with van der Waals surface area (Å²) in [5.41, 5.74) is 5.95. The summed E-state index contributed by atoms with van der Waals surface area (Å²) in [6, 6.07) is 7.40. The average molecular weight is 302 g/mol. The molecule has 5 nitrogen and oxygen atoms in total. The minimum absolute atomic E-state index is 0.0192. The standard InChI is InChI=1S/C17H22N2O3/c18-16(20)13-7-9-19(10-8-13)17(21)14-3-1-2-4-15(14)22-11-12-5-6-12/h1-4,12-13H,5-11H2,(H2,18,20). The van der Waals surface area contributed by atoms with Crippen molar-refractivity contribution in [2.75, 3.05) is 19.7 Å². The summed E-state index contributed by atoms with van der Waals surface area (Å²) in [6.45, 7) is 1.83. The number of benzene rings is 1.